The van der Waals surface area contributed by atoms with Crippen molar-refractivity contribution in [3.05, 3.63) is 17.5 Å². The Morgan fingerprint density at radius 3 is 2.75 bits per heavy atom. The van der Waals surface area contributed by atoms with E-state index in [0.717, 1.165) is 37.3 Å². The molecule has 1 aromatic heterocycles. The number of carbonyl (C=O) groups excluding carboxylic acids is 1. The molecule has 2 rings (SSSR count). The van der Waals surface area contributed by atoms with Crippen LogP contribution < -0.4 is 11.1 Å². The van der Waals surface area contributed by atoms with Gasteiger partial charge in [-0.15, -0.1) is 0 Å². The van der Waals surface area contributed by atoms with Crippen molar-refractivity contribution in [2.45, 2.75) is 57.6 Å². The van der Waals surface area contributed by atoms with Gasteiger partial charge in [0, 0.05) is 45.0 Å². The fraction of sp³-hybridized carbons (Fsp3) is 0.765. The standard InChI is InChI=1S/C17H30N4O3/c1-17(2,3)24-16(22)19-14(10-18)9-13-11-21(4)20-15(13)12-5-7-23-8-6-12/h11-12,14H,5-10,18H2,1-4H3,(H,19,22). The van der Waals surface area contributed by atoms with Crippen molar-refractivity contribution in [3.63, 3.8) is 0 Å². The minimum absolute atomic E-state index is 0.178. The fourth-order valence-electron chi connectivity index (χ4n) is 2.96. The van der Waals surface area contributed by atoms with Gasteiger partial charge in [0.25, 0.3) is 0 Å². The molecular weight excluding hydrogens is 308 g/mol. The van der Waals surface area contributed by atoms with E-state index in [2.05, 4.69) is 10.4 Å². The lowest BCUT2D eigenvalue weighted by Crippen LogP contribution is -2.44. The summed E-state index contributed by atoms with van der Waals surface area (Å²) in [5.74, 6) is 0.412. The highest BCUT2D eigenvalue weighted by atomic mass is 16.6. The SMILES string of the molecule is Cn1cc(CC(CN)NC(=O)OC(C)(C)C)c(C2CCOCC2)n1. The number of amides is 1. The maximum absolute atomic E-state index is 12.0. The van der Waals surface area contributed by atoms with Crippen molar-refractivity contribution in [2.24, 2.45) is 12.8 Å². The Balaban J connectivity index is 2.03. The summed E-state index contributed by atoms with van der Waals surface area (Å²) in [4.78, 5) is 12.0. The second-order valence-electron chi connectivity index (χ2n) is 7.38. The Morgan fingerprint density at radius 1 is 1.50 bits per heavy atom. The first-order valence-corrected chi connectivity index (χ1v) is 8.58. The lowest BCUT2D eigenvalue weighted by Gasteiger charge is -2.24. The third-order valence-corrected chi connectivity index (χ3v) is 4.02. The first-order valence-electron chi connectivity index (χ1n) is 8.58. The van der Waals surface area contributed by atoms with E-state index < -0.39 is 11.7 Å². The Hall–Kier alpha value is -1.60. The van der Waals surface area contributed by atoms with Crippen molar-refractivity contribution in [1.29, 1.82) is 0 Å². The first kappa shape index (κ1) is 18.7. The summed E-state index contributed by atoms with van der Waals surface area (Å²) in [6.45, 7) is 7.42. The monoisotopic (exact) mass is 338 g/mol. The van der Waals surface area contributed by atoms with Gasteiger partial charge in [0.2, 0.25) is 0 Å². The maximum Gasteiger partial charge on any atom is 0.407 e. The van der Waals surface area contributed by atoms with E-state index in [0.29, 0.717) is 18.9 Å². The van der Waals surface area contributed by atoms with Gasteiger partial charge in [-0.1, -0.05) is 0 Å². The lowest BCUT2D eigenvalue weighted by atomic mass is 9.92. The normalized spacial score (nSPS) is 17.5. The summed E-state index contributed by atoms with van der Waals surface area (Å²) in [5, 5.41) is 7.50. The summed E-state index contributed by atoms with van der Waals surface area (Å²) < 4.78 is 12.6. The Bertz CT molecular complexity index is 545. The molecule has 24 heavy (non-hydrogen) atoms. The Labute approximate surface area is 143 Å². The summed E-state index contributed by atoms with van der Waals surface area (Å²) in [5.41, 5.74) is 7.56. The minimum atomic E-state index is -0.523. The summed E-state index contributed by atoms with van der Waals surface area (Å²) in [6.07, 6.45) is 4.20. The summed E-state index contributed by atoms with van der Waals surface area (Å²) in [6, 6.07) is -0.178. The van der Waals surface area contributed by atoms with Crippen molar-refractivity contribution >= 4 is 6.09 Å². The maximum atomic E-state index is 12.0. The molecule has 1 fully saturated rings. The predicted molar refractivity (Wildman–Crippen MR) is 91.9 cm³/mol. The van der Waals surface area contributed by atoms with E-state index in [1.807, 2.05) is 38.7 Å². The van der Waals surface area contributed by atoms with Gasteiger partial charge in [0.1, 0.15) is 5.60 Å². The minimum Gasteiger partial charge on any atom is -0.444 e. The molecule has 2 heterocycles. The molecule has 0 spiro atoms. The molecule has 1 amide bonds. The summed E-state index contributed by atoms with van der Waals surface area (Å²) in [7, 11) is 1.92. The van der Waals surface area contributed by atoms with E-state index in [-0.39, 0.29) is 6.04 Å². The Kier molecular flexibility index (Phi) is 6.23. The number of nitrogens with two attached hydrogens (primary N) is 1. The molecule has 0 radical (unpaired) electrons. The smallest absolute Gasteiger partial charge is 0.407 e. The number of hydrogen-bond acceptors (Lipinski definition) is 5. The van der Waals surface area contributed by atoms with Gasteiger partial charge < -0.3 is 20.5 Å². The van der Waals surface area contributed by atoms with Crippen LogP contribution in [0.3, 0.4) is 0 Å². The number of nitrogens with zero attached hydrogens (tertiary/aromatic N) is 2. The van der Waals surface area contributed by atoms with Crippen LogP contribution in [-0.4, -0.2) is 47.3 Å². The molecule has 7 nitrogen and oxygen atoms in total. The van der Waals surface area contributed by atoms with Crippen LogP contribution in [0.15, 0.2) is 6.20 Å². The Morgan fingerprint density at radius 2 is 2.17 bits per heavy atom. The van der Waals surface area contributed by atoms with Gasteiger partial charge >= 0.3 is 6.09 Å². The van der Waals surface area contributed by atoms with Gasteiger partial charge in [-0.05, 0) is 45.6 Å². The highest BCUT2D eigenvalue weighted by Gasteiger charge is 2.25. The van der Waals surface area contributed by atoms with Crippen molar-refractivity contribution < 1.29 is 14.3 Å². The number of hydrogen-bond donors (Lipinski definition) is 2. The van der Waals surface area contributed by atoms with Crippen LogP contribution in [0.1, 0.15) is 50.8 Å². The molecule has 1 aliphatic heterocycles. The molecule has 0 saturated carbocycles. The zero-order valence-electron chi connectivity index (χ0n) is 15.2. The van der Waals surface area contributed by atoms with E-state index in [1.165, 1.54) is 0 Å². The second kappa shape index (κ2) is 7.98. The molecular formula is C17H30N4O3. The third kappa shape index (κ3) is 5.49. The van der Waals surface area contributed by atoms with Gasteiger partial charge in [0.15, 0.2) is 0 Å². The number of ether oxygens (including phenoxy) is 2. The molecule has 1 aliphatic rings. The molecule has 1 aromatic rings. The molecule has 1 atom stereocenters. The largest absolute Gasteiger partial charge is 0.444 e. The van der Waals surface area contributed by atoms with E-state index >= 15 is 0 Å². The molecule has 1 unspecified atom stereocenters. The zero-order valence-corrected chi connectivity index (χ0v) is 15.2. The van der Waals surface area contributed by atoms with Crippen molar-refractivity contribution in [3.8, 4) is 0 Å². The molecule has 0 bridgehead atoms. The molecule has 0 aromatic carbocycles. The van der Waals surface area contributed by atoms with Gasteiger partial charge in [-0.3, -0.25) is 4.68 Å². The zero-order chi connectivity index (χ0) is 17.7. The highest BCUT2D eigenvalue weighted by molar-refractivity contribution is 5.68. The van der Waals surface area contributed by atoms with Crippen molar-refractivity contribution in [1.82, 2.24) is 15.1 Å². The molecule has 0 aliphatic carbocycles. The topological polar surface area (TPSA) is 91.4 Å². The number of nitrogens with one attached hydrogen (secondary N) is 1. The van der Waals surface area contributed by atoms with E-state index in [1.54, 1.807) is 0 Å². The third-order valence-electron chi connectivity index (χ3n) is 4.02. The van der Waals surface area contributed by atoms with Crippen LogP contribution in [-0.2, 0) is 22.9 Å². The van der Waals surface area contributed by atoms with Crippen LogP contribution in [0, 0.1) is 0 Å². The van der Waals surface area contributed by atoms with Gasteiger partial charge in [0.05, 0.1) is 5.69 Å². The average molecular weight is 338 g/mol. The summed E-state index contributed by atoms with van der Waals surface area (Å²) >= 11 is 0. The van der Waals surface area contributed by atoms with Gasteiger partial charge in [-0.25, -0.2) is 4.79 Å². The van der Waals surface area contributed by atoms with Crippen LogP contribution in [0.25, 0.3) is 0 Å². The quantitative estimate of drug-likeness (QED) is 0.853. The van der Waals surface area contributed by atoms with Crippen LogP contribution >= 0.6 is 0 Å². The van der Waals surface area contributed by atoms with Gasteiger partial charge in [-0.2, -0.15) is 5.10 Å². The van der Waals surface area contributed by atoms with E-state index in [9.17, 15) is 4.79 Å². The first-order chi connectivity index (χ1) is 11.3. The molecule has 1 saturated heterocycles. The predicted octanol–water partition coefficient (Wildman–Crippen LogP) is 1.71. The average Bonchev–Trinajstić information content (AvgIpc) is 2.86. The molecule has 7 heteroatoms. The number of alkyl carbamates (subject to hydrolysis) is 1. The lowest BCUT2D eigenvalue weighted by molar-refractivity contribution is 0.0506. The number of aryl methyl sites for hydroxylation is 1. The number of carbonyl (C=O) groups is 1. The molecule has 3 N–H and O–H groups in total. The van der Waals surface area contributed by atoms with Crippen molar-refractivity contribution in [2.75, 3.05) is 19.8 Å². The highest BCUT2D eigenvalue weighted by Crippen LogP contribution is 2.28. The van der Waals surface area contributed by atoms with Crippen LogP contribution in [0.2, 0.25) is 0 Å². The fourth-order valence-corrected chi connectivity index (χ4v) is 2.96. The number of rotatable bonds is 5. The molecule has 136 valence electrons. The second-order valence-corrected chi connectivity index (χ2v) is 7.38. The van der Waals surface area contributed by atoms with Crippen LogP contribution in [0.5, 0.6) is 0 Å². The van der Waals surface area contributed by atoms with Crippen LogP contribution in [0.4, 0.5) is 4.79 Å². The number of aromatic nitrogens is 2. The van der Waals surface area contributed by atoms with E-state index in [4.69, 9.17) is 15.2 Å².